The van der Waals surface area contributed by atoms with Crippen molar-refractivity contribution in [3.05, 3.63) is 35.8 Å². The second-order valence-corrected chi connectivity index (χ2v) is 6.42. The van der Waals surface area contributed by atoms with Gasteiger partial charge in [-0.15, -0.1) is 5.10 Å². The number of piperidine rings is 1. The minimum atomic E-state index is -1.12. The summed E-state index contributed by atoms with van der Waals surface area (Å²) in [5.74, 6) is -0.520. The smallest absolute Gasteiger partial charge is 0.354 e. The number of nitrogens with zero attached hydrogens (tertiary/aromatic N) is 5. The Morgan fingerprint density at radius 3 is 2.83 bits per heavy atom. The van der Waals surface area contributed by atoms with E-state index in [1.54, 1.807) is 23.0 Å². The summed E-state index contributed by atoms with van der Waals surface area (Å²) in [5, 5.41) is 28.3. The lowest BCUT2D eigenvalue weighted by Gasteiger charge is -2.38. The van der Waals surface area contributed by atoms with Crippen LogP contribution in [0.15, 0.2) is 24.4 Å². The van der Waals surface area contributed by atoms with Crippen LogP contribution in [0.25, 0.3) is 0 Å². The number of carbonyl (C=O) groups is 1. The molecule has 1 atom stereocenters. The quantitative estimate of drug-likeness (QED) is 0.873. The van der Waals surface area contributed by atoms with E-state index in [1.807, 2.05) is 18.7 Å². The van der Waals surface area contributed by atoms with Crippen LogP contribution in [0.2, 0.25) is 0 Å². The van der Waals surface area contributed by atoms with Crippen molar-refractivity contribution in [1.82, 2.24) is 20.0 Å². The van der Waals surface area contributed by atoms with E-state index < -0.39 is 11.6 Å². The van der Waals surface area contributed by atoms with Gasteiger partial charge in [-0.05, 0) is 38.8 Å². The third-order valence-corrected chi connectivity index (χ3v) is 4.26. The highest BCUT2D eigenvalue weighted by Crippen LogP contribution is 2.32. The number of carboxylic acid groups (broad SMARTS) is 1. The van der Waals surface area contributed by atoms with E-state index >= 15 is 0 Å². The number of carboxylic acids is 1. The monoisotopic (exact) mass is 331 g/mol. The summed E-state index contributed by atoms with van der Waals surface area (Å²) < 4.78 is 1.72. The topological polar surface area (TPSA) is 104 Å². The van der Waals surface area contributed by atoms with E-state index in [9.17, 15) is 9.90 Å². The second kappa shape index (κ2) is 6.20. The Bertz CT molecular complexity index is 745. The van der Waals surface area contributed by atoms with Crippen molar-refractivity contribution in [2.45, 2.75) is 38.3 Å². The molecular weight excluding hydrogens is 310 g/mol. The van der Waals surface area contributed by atoms with Gasteiger partial charge in [0.1, 0.15) is 17.1 Å². The molecule has 3 heterocycles. The van der Waals surface area contributed by atoms with Gasteiger partial charge < -0.3 is 15.1 Å². The normalized spacial score (nSPS) is 21.2. The van der Waals surface area contributed by atoms with Gasteiger partial charge in [0.25, 0.3) is 0 Å². The third kappa shape index (κ3) is 3.09. The lowest BCUT2D eigenvalue weighted by atomic mass is 9.90. The molecule has 0 radical (unpaired) electrons. The molecule has 2 aromatic heterocycles. The summed E-state index contributed by atoms with van der Waals surface area (Å²) in [6.07, 6.45) is 3.11. The molecule has 0 amide bonds. The first-order valence-electron chi connectivity index (χ1n) is 7.99. The minimum Gasteiger partial charge on any atom is -0.477 e. The average molecular weight is 331 g/mol. The second-order valence-electron chi connectivity index (χ2n) is 6.42. The van der Waals surface area contributed by atoms with Gasteiger partial charge in [0, 0.05) is 12.6 Å². The molecule has 8 nitrogen and oxygen atoms in total. The minimum absolute atomic E-state index is 0.00707. The van der Waals surface area contributed by atoms with E-state index in [2.05, 4.69) is 15.3 Å². The Morgan fingerprint density at radius 1 is 1.38 bits per heavy atom. The summed E-state index contributed by atoms with van der Waals surface area (Å²) >= 11 is 0. The molecule has 2 aromatic rings. The van der Waals surface area contributed by atoms with Crippen molar-refractivity contribution < 1.29 is 15.0 Å². The summed E-state index contributed by atoms with van der Waals surface area (Å²) in [7, 11) is 0. The van der Waals surface area contributed by atoms with Crippen molar-refractivity contribution in [3.8, 4) is 0 Å². The maximum absolute atomic E-state index is 11.1. The number of aromatic nitrogens is 4. The lowest BCUT2D eigenvalue weighted by Crippen LogP contribution is -2.46. The van der Waals surface area contributed by atoms with Gasteiger partial charge in [-0.25, -0.2) is 14.5 Å². The maximum atomic E-state index is 11.1. The Hall–Kier alpha value is -2.48. The molecule has 1 unspecified atom stereocenters. The molecule has 128 valence electrons. The molecule has 0 saturated carbocycles. The highest BCUT2D eigenvalue weighted by atomic mass is 16.4. The van der Waals surface area contributed by atoms with Crippen LogP contribution in [0.5, 0.6) is 0 Å². The molecule has 0 aromatic carbocycles. The summed E-state index contributed by atoms with van der Waals surface area (Å²) in [6.45, 7) is 5.00. The van der Waals surface area contributed by atoms with Gasteiger partial charge in [-0.1, -0.05) is 11.3 Å². The van der Waals surface area contributed by atoms with E-state index in [1.165, 1.54) is 6.07 Å². The standard InChI is InChI=1S/C16H21N5O3/c1-11(2)21-9-13(18-19-21)16(24)7-4-8-20(10-16)14-6-3-5-12(17-14)15(22)23/h3,5-6,9,11,24H,4,7-8,10H2,1-2H3,(H,22,23). The fourth-order valence-corrected chi connectivity index (χ4v) is 2.90. The summed E-state index contributed by atoms with van der Waals surface area (Å²) in [4.78, 5) is 17.2. The van der Waals surface area contributed by atoms with Crippen molar-refractivity contribution in [1.29, 1.82) is 0 Å². The number of hydrogen-bond acceptors (Lipinski definition) is 6. The number of rotatable bonds is 4. The summed E-state index contributed by atoms with van der Waals surface area (Å²) in [6, 6.07) is 5.04. The molecule has 8 heteroatoms. The highest BCUT2D eigenvalue weighted by Gasteiger charge is 2.38. The van der Waals surface area contributed by atoms with Crippen molar-refractivity contribution in [2.75, 3.05) is 18.0 Å². The fourth-order valence-electron chi connectivity index (χ4n) is 2.90. The number of aromatic carboxylic acids is 1. The van der Waals surface area contributed by atoms with Crippen LogP contribution in [0.3, 0.4) is 0 Å². The molecule has 0 aliphatic carbocycles. The Balaban J connectivity index is 1.85. The first-order valence-corrected chi connectivity index (χ1v) is 7.99. The molecule has 24 heavy (non-hydrogen) atoms. The maximum Gasteiger partial charge on any atom is 0.354 e. The van der Waals surface area contributed by atoms with E-state index in [0.29, 0.717) is 31.0 Å². The first kappa shape index (κ1) is 16.4. The lowest BCUT2D eigenvalue weighted by molar-refractivity contribution is 0.0174. The number of aliphatic hydroxyl groups is 1. The fraction of sp³-hybridized carbons (Fsp3) is 0.500. The zero-order chi connectivity index (χ0) is 17.3. The highest BCUT2D eigenvalue weighted by molar-refractivity contribution is 5.85. The molecule has 2 N–H and O–H groups in total. The third-order valence-electron chi connectivity index (χ3n) is 4.26. The number of β-amino-alcohol motifs (C(OH)–C–C–N with tert-alkyl or cyclic N) is 1. The van der Waals surface area contributed by atoms with Gasteiger partial charge >= 0.3 is 5.97 Å². The van der Waals surface area contributed by atoms with Crippen LogP contribution in [0.4, 0.5) is 5.82 Å². The summed E-state index contributed by atoms with van der Waals surface area (Å²) in [5.41, 5.74) is -0.589. The van der Waals surface area contributed by atoms with Gasteiger partial charge in [0.05, 0.1) is 12.7 Å². The van der Waals surface area contributed by atoms with Crippen LogP contribution in [-0.4, -0.2) is 49.2 Å². The van der Waals surface area contributed by atoms with E-state index in [-0.39, 0.29) is 11.7 Å². The molecule has 0 spiro atoms. The van der Waals surface area contributed by atoms with Gasteiger partial charge in [-0.3, -0.25) is 0 Å². The van der Waals surface area contributed by atoms with Crippen LogP contribution in [0, 0.1) is 0 Å². The Kier molecular flexibility index (Phi) is 4.23. The van der Waals surface area contributed by atoms with Crippen LogP contribution >= 0.6 is 0 Å². The molecular formula is C16H21N5O3. The van der Waals surface area contributed by atoms with Crippen molar-refractivity contribution in [2.24, 2.45) is 0 Å². The van der Waals surface area contributed by atoms with Crippen LogP contribution < -0.4 is 4.90 Å². The van der Waals surface area contributed by atoms with Gasteiger partial charge in [0.15, 0.2) is 5.69 Å². The Labute approximate surface area is 139 Å². The molecule has 1 aliphatic heterocycles. The first-order chi connectivity index (χ1) is 11.4. The van der Waals surface area contributed by atoms with E-state index in [0.717, 1.165) is 6.42 Å². The van der Waals surface area contributed by atoms with Crippen molar-refractivity contribution in [3.63, 3.8) is 0 Å². The zero-order valence-electron chi connectivity index (χ0n) is 13.8. The average Bonchev–Trinajstić information content (AvgIpc) is 3.06. The van der Waals surface area contributed by atoms with Gasteiger partial charge in [-0.2, -0.15) is 0 Å². The predicted molar refractivity (Wildman–Crippen MR) is 86.9 cm³/mol. The molecule has 1 saturated heterocycles. The zero-order valence-corrected chi connectivity index (χ0v) is 13.8. The number of pyridine rings is 1. The predicted octanol–water partition coefficient (Wildman–Crippen LogP) is 1.44. The van der Waals surface area contributed by atoms with Gasteiger partial charge in [0.2, 0.25) is 0 Å². The largest absolute Gasteiger partial charge is 0.477 e. The Morgan fingerprint density at radius 2 is 2.17 bits per heavy atom. The molecule has 0 bridgehead atoms. The number of hydrogen-bond donors (Lipinski definition) is 2. The molecule has 3 rings (SSSR count). The van der Waals surface area contributed by atoms with E-state index in [4.69, 9.17) is 5.11 Å². The van der Waals surface area contributed by atoms with Crippen molar-refractivity contribution >= 4 is 11.8 Å². The van der Waals surface area contributed by atoms with Crippen LogP contribution in [-0.2, 0) is 5.60 Å². The molecule has 1 aliphatic rings. The molecule has 1 fully saturated rings. The van der Waals surface area contributed by atoms with Crippen LogP contribution in [0.1, 0.15) is 48.9 Å². The number of anilines is 1. The SMILES string of the molecule is CC(C)n1cc(C2(O)CCCN(c3cccc(C(=O)O)n3)C2)nn1.